The summed E-state index contributed by atoms with van der Waals surface area (Å²) in [5.41, 5.74) is 9.65. The van der Waals surface area contributed by atoms with Crippen molar-refractivity contribution in [2.75, 3.05) is 4.90 Å². The Morgan fingerprint density at radius 3 is 2.12 bits per heavy atom. The molecule has 0 saturated carbocycles. The monoisotopic (exact) mass is 420 g/mol. The minimum absolute atomic E-state index is 0.995. The Hall–Kier alpha value is -4.43. The van der Waals surface area contributed by atoms with Crippen LogP contribution < -0.4 is 4.90 Å². The van der Waals surface area contributed by atoms with Gasteiger partial charge in [-0.3, -0.25) is 4.98 Å². The van der Waals surface area contributed by atoms with Crippen molar-refractivity contribution < 1.29 is 0 Å². The van der Waals surface area contributed by atoms with Crippen molar-refractivity contribution >= 4 is 38.7 Å². The van der Waals surface area contributed by atoms with E-state index in [0.29, 0.717) is 0 Å². The molecule has 33 heavy (non-hydrogen) atoms. The van der Waals surface area contributed by atoms with E-state index in [4.69, 9.17) is 0 Å². The van der Waals surface area contributed by atoms with Gasteiger partial charge in [0.25, 0.3) is 0 Å². The Labute approximate surface area is 192 Å². The highest BCUT2D eigenvalue weighted by atomic mass is 15.1. The van der Waals surface area contributed by atoms with E-state index in [2.05, 4.69) is 119 Å². The standard InChI is InChI=1S/C31H20N2/c1-2-9-22(10-3-1)33(23-16-15-21-8-7-19-32-29(21)20-23)30-18-17-27-25-12-5-4-11-24(25)26-13-6-14-28(30)31(26)27/h1-20H. The van der Waals surface area contributed by atoms with Gasteiger partial charge < -0.3 is 4.90 Å². The van der Waals surface area contributed by atoms with Crippen LogP contribution >= 0.6 is 0 Å². The fourth-order valence-electron chi connectivity index (χ4n) is 5.19. The zero-order valence-electron chi connectivity index (χ0n) is 17.9. The largest absolute Gasteiger partial charge is 0.310 e. The number of hydrogen-bond donors (Lipinski definition) is 0. The number of nitrogens with zero attached hydrogens (tertiary/aromatic N) is 2. The van der Waals surface area contributed by atoms with Gasteiger partial charge in [-0.05, 0) is 64.0 Å². The van der Waals surface area contributed by atoms with Crippen LogP contribution in [-0.4, -0.2) is 4.98 Å². The molecule has 2 heteroatoms. The quantitative estimate of drug-likeness (QED) is 0.285. The molecule has 0 unspecified atom stereocenters. The third-order valence-corrected chi connectivity index (χ3v) is 6.63. The summed E-state index contributed by atoms with van der Waals surface area (Å²) < 4.78 is 0. The summed E-state index contributed by atoms with van der Waals surface area (Å²) in [7, 11) is 0. The van der Waals surface area contributed by atoms with Gasteiger partial charge in [0.1, 0.15) is 0 Å². The fourth-order valence-corrected chi connectivity index (χ4v) is 5.19. The molecule has 0 radical (unpaired) electrons. The highest BCUT2D eigenvalue weighted by Crippen LogP contribution is 2.50. The van der Waals surface area contributed by atoms with Crippen molar-refractivity contribution in [3.8, 4) is 22.3 Å². The molecule has 2 nitrogen and oxygen atoms in total. The lowest BCUT2D eigenvalue weighted by Crippen LogP contribution is -2.10. The molecule has 0 saturated heterocycles. The second-order valence-corrected chi connectivity index (χ2v) is 8.46. The summed E-state index contributed by atoms with van der Waals surface area (Å²) >= 11 is 0. The zero-order valence-corrected chi connectivity index (χ0v) is 17.9. The molecule has 154 valence electrons. The smallest absolute Gasteiger partial charge is 0.0722 e. The highest BCUT2D eigenvalue weighted by Gasteiger charge is 2.24. The number of rotatable bonds is 3. The minimum Gasteiger partial charge on any atom is -0.310 e. The van der Waals surface area contributed by atoms with E-state index in [-0.39, 0.29) is 0 Å². The molecular weight excluding hydrogens is 400 g/mol. The van der Waals surface area contributed by atoms with E-state index >= 15 is 0 Å². The molecular formula is C31H20N2. The van der Waals surface area contributed by atoms with E-state index in [0.717, 1.165) is 22.3 Å². The van der Waals surface area contributed by atoms with Gasteiger partial charge in [-0.2, -0.15) is 0 Å². The predicted molar refractivity (Wildman–Crippen MR) is 138 cm³/mol. The summed E-state index contributed by atoms with van der Waals surface area (Å²) in [6.45, 7) is 0. The number of para-hydroxylation sites is 1. The summed E-state index contributed by atoms with van der Waals surface area (Å²) in [6.07, 6.45) is 1.86. The van der Waals surface area contributed by atoms with Crippen LogP contribution in [0.1, 0.15) is 0 Å². The number of hydrogen-bond acceptors (Lipinski definition) is 2. The lowest BCUT2D eigenvalue weighted by Gasteiger charge is -2.27. The minimum atomic E-state index is 0.995. The summed E-state index contributed by atoms with van der Waals surface area (Å²) in [5, 5.41) is 3.73. The van der Waals surface area contributed by atoms with Crippen LogP contribution in [0.3, 0.4) is 0 Å². The van der Waals surface area contributed by atoms with Crippen LogP contribution in [0.25, 0.3) is 43.9 Å². The lowest BCUT2D eigenvalue weighted by atomic mass is 10.00. The second kappa shape index (κ2) is 7.04. The van der Waals surface area contributed by atoms with Crippen LogP contribution in [0.15, 0.2) is 121 Å². The molecule has 7 rings (SSSR count). The second-order valence-electron chi connectivity index (χ2n) is 8.46. The van der Waals surface area contributed by atoms with Crippen LogP contribution in [0.5, 0.6) is 0 Å². The Morgan fingerprint density at radius 1 is 0.515 bits per heavy atom. The van der Waals surface area contributed by atoms with Crippen molar-refractivity contribution in [1.82, 2.24) is 4.98 Å². The lowest BCUT2D eigenvalue weighted by molar-refractivity contribution is 1.30. The van der Waals surface area contributed by atoms with Crippen LogP contribution in [0.2, 0.25) is 0 Å². The van der Waals surface area contributed by atoms with Crippen LogP contribution in [0, 0.1) is 0 Å². The molecule has 0 aliphatic heterocycles. The van der Waals surface area contributed by atoms with Gasteiger partial charge in [-0.1, -0.05) is 78.9 Å². The van der Waals surface area contributed by atoms with Crippen molar-refractivity contribution in [2.45, 2.75) is 0 Å². The first-order chi connectivity index (χ1) is 16.4. The van der Waals surface area contributed by atoms with Gasteiger partial charge in [-0.15, -0.1) is 0 Å². The van der Waals surface area contributed by atoms with Crippen LogP contribution in [-0.2, 0) is 0 Å². The first-order valence-electron chi connectivity index (χ1n) is 11.2. The van der Waals surface area contributed by atoms with Gasteiger partial charge in [0.15, 0.2) is 0 Å². The van der Waals surface area contributed by atoms with Gasteiger partial charge in [0.05, 0.1) is 11.2 Å². The summed E-state index contributed by atoms with van der Waals surface area (Å²) in [5.74, 6) is 0. The van der Waals surface area contributed by atoms with Crippen molar-refractivity contribution in [1.29, 1.82) is 0 Å². The molecule has 5 aromatic carbocycles. The molecule has 1 aliphatic rings. The molecule has 0 bridgehead atoms. The van der Waals surface area contributed by atoms with Crippen molar-refractivity contribution in [2.24, 2.45) is 0 Å². The molecule has 1 aliphatic carbocycles. The molecule has 0 spiro atoms. The number of aromatic nitrogens is 1. The first kappa shape index (κ1) is 18.2. The van der Waals surface area contributed by atoms with Gasteiger partial charge in [0.2, 0.25) is 0 Å². The van der Waals surface area contributed by atoms with Gasteiger partial charge >= 0.3 is 0 Å². The number of pyridine rings is 1. The summed E-state index contributed by atoms with van der Waals surface area (Å²) in [4.78, 5) is 6.96. The summed E-state index contributed by atoms with van der Waals surface area (Å²) in [6, 6.07) is 41.1. The molecule has 0 amide bonds. The maximum atomic E-state index is 4.61. The highest BCUT2D eigenvalue weighted by molar-refractivity contribution is 6.19. The molecule has 0 fully saturated rings. The van der Waals surface area contributed by atoms with Gasteiger partial charge in [0, 0.05) is 28.3 Å². The molecule has 6 aromatic rings. The van der Waals surface area contributed by atoms with E-state index in [1.165, 1.54) is 38.7 Å². The number of anilines is 3. The van der Waals surface area contributed by atoms with E-state index in [9.17, 15) is 0 Å². The fraction of sp³-hybridized carbons (Fsp3) is 0. The zero-order chi connectivity index (χ0) is 21.8. The van der Waals surface area contributed by atoms with E-state index in [1.54, 1.807) is 0 Å². The van der Waals surface area contributed by atoms with E-state index in [1.807, 2.05) is 12.3 Å². The van der Waals surface area contributed by atoms with Crippen LogP contribution in [0.4, 0.5) is 17.1 Å². The normalized spacial score (nSPS) is 11.6. The molecule has 1 heterocycles. The number of fused-ring (bicyclic) bond motifs is 4. The Balaban J connectivity index is 1.52. The Bertz CT molecular complexity index is 1640. The van der Waals surface area contributed by atoms with Gasteiger partial charge in [-0.25, -0.2) is 0 Å². The first-order valence-corrected chi connectivity index (χ1v) is 11.2. The Morgan fingerprint density at radius 2 is 1.27 bits per heavy atom. The van der Waals surface area contributed by atoms with Crippen molar-refractivity contribution in [3.63, 3.8) is 0 Å². The predicted octanol–water partition coefficient (Wildman–Crippen LogP) is 8.51. The molecule has 0 N–H and O–H groups in total. The average Bonchev–Trinajstić information content (AvgIpc) is 3.21. The van der Waals surface area contributed by atoms with Crippen molar-refractivity contribution in [3.05, 3.63) is 121 Å². The topological polar surface area (TPSA) is 16.1 Å². The maximum Gasteiger partial charge on any atom is 0.0722 e. The third-order valence-electron chi connectivity index (χ3n) is 6.63. The Kier molecular flexibility index (Phi) is 3.88. The molecule has 1 aromatic heterocycles. The van der Waals surface area contributed by atoms with E-state index < -0.39 is 0 Å². The maximum absolute atomic E-state index is 4.61. The average molecular weight is 421 g/mol. The third kappa shape index (κ3) is 2.71. The number of benzene rings is 5. The SMILES string of the molecule is c1ccc(N(c2ccc3cccnc3c2)c2ccc3c4c(cccc24)-c2ccccc2-3)cc1. The molecule has 0 atom stereocenters.